The van der Waals surface area contributed by atoms with Crippen molar-refractivity contribution in [1.82, 2.24) is 24.6 Å². The average Bonchev–Trinajstić information content (AvgIpc) is 3.41. The van der Waals surface area contributed by atoms with E-state index in [-0.39, 0.29) is 22.8 Å². The first-order valence-corrected chi connectivity index (χ1v) is 16.0. The van der Waals surface area contributed by atoms with Gasteiger partial charge in [-0.15, -0.1) is 0 Å². The molecule has 11 nitrogen and oxygen atoms in total. The molecule has 228 valence electrons. The summed E-state index contributed by atoms with van der Waals surface area (Å²) in [4.78, 5) is 13.7. The molecule has 2 aromatic carbocycles. The molecular formula is C30H36ClN7O4S. The van der Waals surface area contributed by atoms with E-state index < -0.39 is 10.0 Å². The zero-order chi connectivity index (χ0) is 30.7. The van der Waals surface area contributed by atoms with Crippen LogP contribution in [0.4, 0.5) is 11.6 Å². The molecule has 3 heterocycles. The first kappa shape index (κ1) is 30.6. The number of rotatable bonds is 10. The second-order valence-electron chi connectivity index (χ2n) is 10.7. The van der Waals surface area contributed by atoms with Crippen molar-refractivity contribution in [3.8, 4) is 28.6 Å². The van der Waals surface area contributed by atoms with Gasteiger partial charge in [-0.25, -0.2) is 18.1 Å². The Labute approximate surface area is 257 Å². The highest BCUT2D eigenvalue weighted by Crippen LogP contribution is 2.40. The van der Waals surface area contributed by atoms with Crippen LogP contribution in [-0.4, -0.2) is 72.4 Å². The summed E-state index contributed by atoms with van der Waals surface area (Å²) in [5.74, 6) is 1.13. The molecule has 0 bridgehead atoms. The Bertz CT molecular complexity index is 1700. The van der Waals surface area contributed by atoms with Crippen molar-refractivity contribution in [3.05, 3.63) is 65.4 Å². The van der Waals surface area contributed by atoms with Gasteiger partial charge in [0.2, 0.25) is 11.8 Å². The molecule has 4 aromatic rings. The van der Waals surface area contributed by atoms with Crippen LogP contribution in [0.5, 0.6) is 17.4 Å². The lowest BCUT2D eigenvalue weighted by Gasteiger charge is -2.34. The van der Waals surface area contributed by atoms with E-state index in [1.165, 1.54) is 17.1 Å². The summed E-state index contributed by atoms with van der Waals surface area (Å²) in [7, 11) is -0.294. The molecule has 1 aliphatic rings. The van der Waals surface area contributed by atoms with Crippen molar-refractivity contribution in [2.24, 2.45) is 7.05 Å². The maximum atomic E-state index is 13.2. The summed E-state index contributed by atoms with van der Waals surface area (Å²) in [6, 6.07) is 13.1. The van der Waals surface area contributed by atoms with E-state index in [9.17, 15) is 8.42 Å². The third kappa shape index (κ3) is 7.03. The number of piperazine rings is 1. The van der Waals surface area contributed by atoms with Crippen LogP contribution in [0.25, 0.3) is 11.3 Å². The highest BCUT2D eigenvalue weighted by molar-refractivity contribution is 7.92. The van der Waals surface area contributed by atoms with E-state index >= 15 is 0 Å². The molecule has 2 aromatic heterocycles. The fourth-order valence-electron chi connectivity index (χ4n) is 4.83. The SMILES string of the molecule is CCc1c(Oc2cccc(N3CCN(C)CC3)c2Cl)nc(NS(=O)(=O)c2cnn(C)c2)nc1-c1cccc(OC(C)C)c1. The number of hydrogen-bond acceptors (Lipinski definition) is 9. The lowest BCUT2D eigenvalue weighted by molar-refractivity contribution is 0.242. The highest BCUT2D eigenvalue weighted by Gasteiger charge is 2.24. The maximum Gasteiger partial charge on any atom is 0.267 e. The van der Waals surface area contributed by atoms with E-state index in [4.69, 9.17) is 21.1 Å². The van der Waals surface area contributed by atoms with E-state index in [1.54, 1.807) is 13.1 Å². The average molecular weight is 626 g/mol. The molecule has 0 spiro atoms. The number of aromatic nitrogens is 4. The Morgan fingerprint density at radius 2 is 1.79 bits per heavy atom. The van der Waals surface area contributed by atoms with Gasteiger partial charge < -0.3 is 19.3 Å². The molecule has 0 amide bonds. The molecule has 1 fully saturated rings. The number of sulfonamides is 1. The molecule has 5 rings (SSSR count). The Morgan fingerprint density at radius 3 is 2.47 bits per heavy atom. The standard InChI is InChI=1S/C30H36ClN7O4S/c1-6-24-28(21-9-7-10-22(17-21)41-20(2)3)33-30(35-43(39,40)23-18-32-37(5)19-23)34-29(24)42-26-12-8-11-25(27(26)31)38-15-13-36(4)14-16-38/h7-12,17-20H,6,13-16H2,1-5H3,(H,33,34,35). The monoisotopic (exact) mass is 625 g/mol. The number of hydrogen-bond donors (Lipinski definition) is 1. The van der Waals surface area contributed by atoms with Crippen molar-refractivity contribution in [2.75, 3.05) is 42.8 Å². The summed E-state index contributed by atoms with van der Waals surface area (Å²) in [6.07, 6.45) is 3.14. The normalized spacial score (nSPS) is 14.3. The third-order valence-electron chi connectivity index (χ3n) is 7.01. The fraction of sp³-hybridized carbons (Fsp3) is 0.367. The van der Waals surface area contributed by atoms with Gasteiger partial charge in [-0.05, 0) is 51.6 Å². The van der Waals surface area contributed by atoms with Crippen LogP contribution >= 0.6 is 11.6 Å². The molecule has 43 heavy (non-hydrogen) atoms. The van der Waals surface area contributed by atoms with Crippen molar-refractivity contribution < 1.29 is 17.9 Å². The quantitative estimate of drug-likeness (QED) is 0.253. The Morgan fingerprint density at radius 1 is 1.05 bits per heavy atom. The number of nitrogens with one attached hydrogen (secondary N) is 1. The van der Waals surface area contributed by atoms with Crippen LogP contribution < -0.4 is 19.1 Å². The maximum absolute atomic E-state index is 13.2. The van der Waals surface area contributed by atoms with Gasteiger partial charge in [-0.1, -0.05) is 36.7 Å². The van der Waals surface area contributed by atoms with E-state index in [1.807, 2.05) is 57.2 Å². The van der Waals surface area contributed by atoms with Crippen LogP contribution in [0.3, 0.4) is 0 Å². The van der Waals surface area contributed by atoms with Crippen LogP contribution in [0.2, 0.25) is 5.02 Å². The zero-order valence-electron chi connectivity index (χ0n) is 24.9. The van der Waals surface area contributed by atoms with E-state index in [2.05, 4.69) is 36.6 Å². The topological polar surface area (TPSA) is 115 Å². The molecular weight excluding hydrogens is 590 g/mol. The number of likely N-dealkylation sites (N-methyl/N-ethyl adjacent to an activating group) is 1. The molecule has 1 saturated heterocycles. The summed E-state index contributed by atoms with van der Waals surface area (Å²) in [5, 5.41) is 4.44. The number of benzene rings is 2. The van der Waals surface area contributed by atoms with Crippen molar-refractivity contribution in [2.45, 2.75) is 38.2 Å². The smallest absolute Gasteiger partial charge is 0.267 e. The number of nitrogens with zero attached hydrogens (tertiary/aromatic N) is 6. The minimum Gasteiger partial charge on any atom is -0.491 e. The minimum atomic E-state index is -4.03. The van der Waals surface area contributed by atoms with E-state index in [0.29, 0.717) is 34.2 Å². The van der Waals surface area contributed by atoms with Crippen LogP contribution in [0, 0.1) is 0 Å². The number of anilines is 2. The number of aryl methyl sites for hydroxylation is 1. The Balaban J connectivity index is 1.59. The van der Waals surface area contributed by atoms with Crippen LogP contribution in [-0.2, 0) is 23.5 Å². The second kappa shape index (κ2) is 12.8. The molecule has 0 unspecified atom stereocenters. The van der Waals surface area contributed by atoms with Gasteiger partial charge in [0, 0.05) is 50.6 Å². The van der Waals surface area contributed by atoms with E-state index in [0.717, 1.165) is 37.4 Å². The molecule has 0 saturated carbocycles. The predicted octanol–water partition coefficient (Wildman–Crippen LogP) is 5.23. The molecule has 0 aliphatic carbocycles. The molecule has 0 radical (unpaired) electrons. The fourth-order valence-corrected chi connectivity index (χ4v) is 6.04. The van der Waals surface area contributed by atoms with Gasteiger partial charge in [0.25, 0.3) is 10.0 Å². The van der Waals surface area contributed by atoms with Crippen LogP contribution in [0.15, 0.2) is 59.8 Å². The van der Waals surface area contributed by atoms with Crippen molar-refractivity contribution >= 4 is 33.3 Å². The van der Waals surface area contributed by atoms with Crippen molar-refractivity contribution in [3.63, 3.8) is 0 Å². The van der Waals surface area contributed by atoms with Gasteiger partial charge in [0.15, 0.2) is 0 Å². The highest BCUT2D eigenvalue weighted by atomic mass is 35.5. The zero-order valence-corrected chi connectivity index (χ0v) is 26.5. The predicted molar refractivity (Wildman–Crippen MR) is 168 cm³/mol. The largest absolute Gasteiger partial charge is 0.491 e. The summed E-state index contributed by atoms with van der Waals surface area (Å²) in [5.41, 5.74) is 2.79. The Hall–Kier alpha value is -3.87. The van der Waals surface area contributed by atoms with Gasteiger partial charge in [-0.2, -0.15) is 10.1 Å². The first-order valence-electron chi connectivity index (χ1n) is 14.1. The lowest BCUT2D eigenvalue weighted by atomic mass is 10.0. The third-order valence-corrected chi connectivity index (χ3v) is 8.68. The summed E-state index contributed by atoms with van der Waals surface area (Å²) < 4.78 is 42.7. The Kier molecular flexibility index (Phi) is 9.09. The van der Waals surface area contributed by atoms with Crippen LogP contribution in [0.1, 0.15) is 26.3 Å². The van der Waals surface area contributed by atoms with Gasteiger partial charge in [0.05, 0.1) is 23.7 Å². The number of ether oxygens (including phenoxy) is 2. The minimum absolute atomic E-state index is 0.0163. The molecule has 1 aliphatic heterocycles. The van der Waals surface area contributed by atoms with Gasteiger partial charge in [-0.3, -0.25) is 4.68 Å². The molecule has 0 atom stereocenters. The summed E-state index contributed by atoms with van der Waals surface area (Å²) >= 11 is 6.92. The van der Waals surface area contributed by atoms with Gasteiger partial charge in [0.1, 0.15) is 21.4 Å². The molecule has 13 heteroatoms. The summed E-state index contributed by atoms with van der Waals surface area (Å²) in [6.45, 7) is 9.40. The number of halogens is 1. The van der Waals surface area contributed by atoms with Crippen molar-refractivity contribution in [1.29, 1.82) is 0 Å². The first-order chi connectivity index (χ1) is 20.5. The second-order valence-corrected chi connectivity index (χ2v) is 12.7. The lowest BCUT2D eigenvalue weighted by Crippen LogP contribution is -2.44. The molecule has 1 N–H and O–H groups in total. The van der Waals surface area contributed by atoms with Gasteiger partial charge >= 0.3 is 0 Å².